The van der Waals surface area contributed by atoms with Crippen LogP contribution in [-0.4, -0.2) is 17.5 Å². The molecule has 4 aromatic carbocycles. The topological polar surface area (TPSA) is 18.5 Å². The molecule has 2 atom stereocenters. The third kappa shape index (κ3) is 5.69. The normalized spacial score (nSPS) is 18.9. The average molecular weight is 604 g/mol. The molecule has 2 unspecified atom stereocenters. The van der Waals surface area contributed by atoms with Crippen molar-refractivity contribution in [1.82, 2.24) is 0 Å². The van der Waals surface area contributed by atoms with Crippen molar-refractivity contribution in [2.24, 2.45) is 11.8 Å². The van der Waals surface area contributed by atoms with E-state index in [0.717, 1.165) is 21.2 Å². The molecule has 1 saturated carbocycles. The Bertz CT molecular complexity index is 1230. The first-order chi connectivity index (χ1) is 17.9. The largest absolute Gasteiger partial charge is 0.342 e. The lowest BCUT2D eigenvalue weighted by Gasteiger charge is -2.24. The molecule has 1 fully saturated rings. The van der Waals surface area contributed by atoms with Gasteiger partial charge in [-0.15, -0.1) is 23.2 Å². The van der Waals surface area contributed by atoms with Crippen molar-refractivity contribution >= 4 is 80.6 Å². The molecule has 1 aliphatic carbocycles. The molecule has 0 N–H and O–H groups in total. The van der Waals surface area contributed by atoms with Crippen molar-refractivity contribution in [2.45, 2.75) is 4.33 Å². The van der Waals surface area contributed by atoms with E-state index in [4.69, 9.17) is 55.9 Å². The zero-order valence-electron chi connectivity index (χ0n) is 19.9. The van der Waals surface area contributed by atoms with Crippen LogP contribution in [0.15, 0.2) is 121 Å². The molecule has 0 radical (unpaired) electrons. The van der Waals surface area contributed by atoms with Gasteiger partial charge < -0.3 is 9.05 Å². The van der Waals surface area contributed by atoms with Gasteiger partial charge in [-0.3, -0.25) is 0 Å². The van der Waals surface area contributed by atoms with Crippen molar-refractivity contribution in [2.75, 3.05) is 13.2 Å². The predicted molar refractivity (Wildman–Crippen MR) is 166 cm³/mol. The lowest BCUT2D eigenvalue weighted by atomic mass is 10.3. The lowest BCUT2D eigenvalue weighted by Crippen LogP contribution is -2.20. The zero-order chi connectivity index (χ0) is 25.9. The van der Waals surface area contributed by atoms with Gasteiger partial charge in [-0.1, -0.05) is 145 Å². The van der Waals surface area contributed by atoms with Crippen molar-refractivity contribution < 1.29 is 9.05 Å². The van der Waals surface area contributed by atoms with Crippen molar-refractivity contribution in [1.29, 1.82) is 0 Å². The number of halogens is 2. The van der Waals surface area contributed by atoms with E-state index in [1.54, 1.807) is 0 Å². The molecule has 0 aromatic heterocycles. The minimum absolute atomic E-state index is 0.111. The molecule has 0 spiro atoms. The van der Waals surface area contributed by atoms with Gasteiger partial charge in [0.05, 0.1) is 13.2 Å². The second-order valence-corrected chi connectivity index (χ2v) is 18.2. The number of rotatable bonds is 10. The standard InChI is InChI=1S/C29H26Cl2O2P2S2/c30-29(31)27(21-32-34(36,23-13-5-1-6-14-23)24-15-7-2-8-16-24)28(29)22-33-35(37,25-17-9-3-10-18-25)26-19-11-4-12-20-26/h1-20,27-28H,21-22H2. The van der Waals surface area contributed by atoms with Crippen molar-refractivity contribution in [3.63, 3.8) is 0 Å². The van der Waals surface area contributed by atoms with Crippen LogP contribution in [-0.2, 0) is 32.7 Å². The van der Waals surface area contributed by atoms with Gasteiger partial charge in [0.15, 0.2) is 0 Å². The smallest absolute Gasteiger partial charge is 0.129 e. The quantitative estimate of drug-likeness (QED) is 0.152. The third-order valence-corrected chi connectivity index (χ3v) is 15.8. The molecule has 4 aromatic rings. The number of benzene rings is 4. The summed E-state index contributed by atoms with van der Waals surface area (Å²) in [4.78, 5) is 0. The highest BCUT2D eigenvalue weighted by molar-refractivity contribution is 8.19. The molecule has 0 heterocycles. The van der Waals surface area contributed by atoms with Gasteiger partial charge in [0.2, 0.25) is 0 Å². The highest BCUT2D eigenvalue weighted by atomic mass is 35.5. The van der Waals surface area contributed by atoms with Crippen molar-refractivity contribution in [3.8, 4) is 0 Å². The molecule has 0 saturated heterocycles. The van der Waals surface area contributed by atoms with Gasteiger partial charge in [0, 0.05) is 33.1 Å². The van der Waals surface area contributed by atoms with E-state index >= 15 is 0 Å². The molecule has 8 heteroatoms. The fraction of sp³-hybridized carbons (Fsp3) is 0.172. The second-order valence-electron chi connectivity index (χ2n) is 8.92. The SMILES string of the molecule is S=P(OCC1C(COP(=S)(c2ccccc2)c2ccccc2)C1(Cl)Cl)(c1ccccc1)c1ccccc1. The summed E-state index contributed by atoms with van der Waals surface area (Å²) in [5.74, 6) is -0.221. The van der Waals surface area contributed by atoms with Crippen LogP contribution in [0.1, 0.15) is 0 Å². The first kappa shape index (κ1) is 27.3. The predicted octanol–water partition coefficient (Wildman–Crippen LogP) is 6.53. The summed E-state index contributed by atoms with van der Waals surface area (Å²) in [5, 5.41) is 4.01. The molecule has 37 heavy (non-hydrogen) atoms. The maximum atomic E-state index is 6.78. The Labute approximate surface area is 239 Å². The molecule has 1 aliphatic rings. The summed E-state index contributed by atoms with van der Waals surface area (Å²) < 4.78 is 12.2. The molecular weight excluding hydrogens is 577 g/mol. The first-order valence-electron chi connectivity index (χ1n) is 11.9. The van der Waals surface area contributed by atoms with Gasteiger partial charge in [-0.2, -0.15) is 0 Å². The lowest BCUT2D eigenvalue weighted by molar-refractivity contribution is 0.289. The summed E-state index contributed by atoms with van der Waals surface area (Å²) in [7, 11) is 0. The minimum atomic E-state index is -2.51. The van der Waals surface area contributed by atoms with E-state index in [1.165, 1.54) is 0 Å². The van der Waals surface area contributed by atoms with Gasteiger partial charge in [0.25, 0.3) is 0 Å². The van der Waals surface area contributed by atoms with Crippen LogP contribution < -0.4 is 21.2 Å². The summed E-state index contributed by atoms with van der Waals surface area (Å²) in [5.41, 5.74) is 0. The number of alkyl halides is 2. The molecule has 5 rings (SSSR count). The van der Waals surface area contributed by atoms with Gasteiger partial charge in [-0.25, -0.2) is 0 Å². The molecule has 0 amide bonds. The van der Waals surface area contributed by atoms with Crippen LogP contribution in [0.25, 0.3) is 0 Å². The average Bonchev–Trinajstić information content (AvgIpc) is 3.50. The van der Waals surface area contributed by atoms with Gasteiger partial charge in [0.1, 0.15) is 16.9 Å². The van der Waals surface area contributed by atoms with E-state index in [1.807, 2.05) is 121 Å². The Balaban J connectivity index is 1.34. The van der Waals surface area contributed by atoms with Gasteiger partial charge >= 0.3 is 0 Å². The highest BCUT2D eigenvalue weighted by Crippen LogP contribution is 2.62. The maximum absolute atomic E-state index is 6.78. The Morgan fingerprint density at radius 2 is 0.757 bits per heavy atom. The van der Waals surface area contributed by atoms with E-state index in [9.17, 15) is 0 Å². The molecule has 190 valence electrons. The third-order valence-electron chi connectivity index (χ3n) is 6.62. The zero-order valence-corrected chi connectivity index (χ0v) is 24.8. The Kier molecular flexibility index (Phi) is 8.42. The minimum Gasteiger partial charge on any atom is -0.342 e. The van der Waals surface area contributed by atoms with Crippen LogP contribution >= 0.6 is 35.7 Å². The summed E-state index contributed by atoms with van der Waals surface area (Å²) in [6.07, 6.45) is -5.01. The highest BCUT2D eigenvalue weighted by Gasteiger charge is 2.63. The van der Waals surface area contributed by atoms with E-state index < -0.39 is 16.9 Å². The molecular formula is C29H26Cl2O2P2S2. The monoisotopic (exact) mass is 602 g/mol. The molecule has 0 aliphatic heterocycles. The van der Waals surface area contributed by atoms with Crippen LogP contribution in [0.3, 0.4) is 0 Å². The number of hydrogen-bond acceptors (Lipinski definition) is 4. The van der Waals surface area contributed by atoms with Crippen LogP contribution in [0, 0.1) is 11.8 Å². The number of hydrogen-bond donors (Lipinski definition) is 0. The first-order valence-corrected chi connectivity index (χ1v) is 18.1. The van der Waals surface area contributed by atoms with Crippen LogP contribution in [0.2, 0.25) is 0 Å². The van der Waals surface area contributed by atoms with E-state index in [0.29, 0.717) is 13.2 Å². The Hall–Kier alpha value is -1.32. The fourth-order valence-corrected chi connectivity index (χ4v) is 11.1. The fourth-order valence-electron chi connectivity index (χ4n) is 4.38. The van der Waals surface area contributed by atoms with Gasteiger partial charge in [-0.05, 0) is 0 Å². The van der Waals surface area contributed by atoms with E-state index in [-0.39, 0.29) is 11.8 Å². The Morgan fingerprint density at radius 3 is 1.00 bits per heavy atom. The second kappa shape index (κ2) is 11.4. The summed E-state index contributed by atoms with van der Waals surface area (Å²) in [6, 6.07) is 40.1. The summed E-state index contributed by atoms with van der Waals surface area (Å²) >= 11 is 26.0. The maximum Gasteiger partial charge on any atom is 0.129 e. The molecule has 2 nitrogen and oxygen atoms in total. The van der Waals surface area contributed by atoms with Crippen LogP contribution in [0.5, 0.6) is 0 Å². The summed E-state index contributed by atoms with van der Waals surface area (Å²) in [6.45, 7) is 0.698. The van der Waals surface area contributed by atoms with Crippen LogP contribution in [0.4, 0.5) is 0 Å². The molecule has 0 bridgehead atoms. The Morgan fingerprint density at radius 1 is 0.514 bits per heavy atom. The van der Waals surface area contributed by atoms with E-state index in [2.05, 4.69) is 0 Å². The van der Waals surface area contributed by atoms with Crippen molar-refractivity contribution in [3.05, 3.63) is 121 Å².